The zero-order valence-corrected chi connectivity index (χ0v) is 20.9. The normalized spacial score (nSPS) is 25.6. The predicted octanol–water partition coefficient (Wildman–Crippen LogP) is 5.85. The summed E-state index contributed by atoms with van der Waals surface area (Å²) in [5, 5.41) is 0. The molecule has 1 amide bonds. The van der Waals surface area contributed by atoms with E-state index in [2.05, 4.69) is 29.8 Å². The first kappa shape index (κ1) is 25.1. The number of piperidine rings is 1. The van der Waals surface area contributed by atoms with E-state index >= 15 is 0 Å². The van der Waals surface area contributed by atoms with Gasteiger partial charge in [-0.05, 0) is 86.9 Å². The van der Waals surface area contributed by atoms with Crippen molar-refractivity contribution in [3.8, 4) is 5.75 Å². The number of pyridine rings is 1. The van der Waals surface area contributed by atoms with Crippen molar-refractivity contribution < 1.29 is 22.7 Å². The summed E-state index contributed by atoms with van der Waals surface area (Å²) in [6, 6.07) is 8.00. The first-order valence-electron chi connectivity index (χ1n) is 12.9. The molecule has 3 heterocycles. The van der Waals surface area contributed by atoms with E-state index in [1.807, 2.05) is 12.3 Å². The van der Waals surface area contributed by atoms with Gasteiger partial charge in [0.05, 0.1) is 17.5 Å². The summed E-state index contributed by atoms with van der Waals surface area (Å²) in [5.41, 5.74) is 0.478. The van der Waals surface area contributed by atoms with Crippen molar-refractivity contribution >= 4 is 5.91 Å². The molecular weight excluding hydrogens is 467 g/mol. The van der Waals surface area contributed by atoms with Crippen LogP contribution in [0.4, 0.5) is 13.2 Å². The van der Waals surface area contributed by atoms with Gasteiger partial charge in [0.1, 0.15) is 5.75 Å². The Morgan fingerprint density at radius 3 is 2.61 bits per heavy atom. The molecule has 0 radical (unpaired) electrons. The number of ether oxygens (including phenoxy) is 1. The fourth-order valence-electron chi connectivity index (χ4n) is 6.41. The highest BCUT2D eigenvalue weighted by atomic mass is 19.4. The molecular formula is C28H34F3N3O2. The lowest BCUT2D eigenvalue weighted by Gasteiger charge is -2.41. The molecule has 5 nitrogen and oxygen atoms in total. The molecule has 1 aliphatic carbocycles. The molecule has 2 fully saturated rings. The average molecular weight is 502 g/mol. The van der Waals surface area contributed by atoms with Crippen molar-refractivity contribution in [2.45, 2.75) is 70.6 Å². The van der Waals surface area contributed by atoms with E-state index in [0.717, 1.165) is 57.3 Å². The minimum atomic E-state index is -4.43. The van der Waals surface area contributed by atoms with Crippen LogP contribution in [0.3, 0.4) is 0 Å². The van der Waals surface area contributed by atoms with Crippen molar-refractivity contribution in [2.24, 2.45) is 11.3 Å². The minimum absolute atomic E-state index is 0.00769. The van der Waals surface area contributed by atoms with Gasteiger partial charge in [-0.1, -0.05) is 19.9 Å². The standard InChI is InChI=1S/C28H34F3N3O2/c1-19(2)27(26(35)34-17-22-14-23(28(29,30)31)5-6-25(22)36-18-34)10-7-24(15-27)33-12-8-20(9-13-33)21-4-3-11-32-16-21/h3-6,11,14,16,19-20,24H,7-10,12-13,15,17-18H2,1-2H3/t24?,27-/m0/s1. The van der Waals surface area contributed by atoms with Crippen LogP contribution in [-0.4, -0.2) is 46.6 Å². The lowest BCUT2D eigenvalue weighted by atomic mass is 9.74. The van der Waals surface area contributed by atoms with E-state index in [0.29, 0.717) is 23.3 Å². The number of benzene rings is 1. The number of nitrogens with zero attached hydrogens (tertiary/aromatic N) is 3. The SMILES string of the molecule is CC(C)[C@]1(C(=O)N2COc3ccc(C(F)(F)F)cc3C2)CCC(N2CCC(c3cccnc3)CC2)C1. The molecule has 36 heavy (non-hydrogen) atoms. The fourth-order valence-corrected chi connectivity index (χ4v) is 6.41. The van der Waals surface area contributed by atoms with E-state index in [1.54, 1.807) is 11.1 Å². The molecule has 1 unspecified atom stereocenters. The number of aromatic nitrogens is 1. The van der Waals surface area contributed by atoms with Gasteiger partial charge in [-0.3, -0.25) is 9.78 Å². The molecule has 0 N–H and O–H groups in total. The fraction of sp³-hybridized carbons (Fsp3) is 0.571. The Kier molecular flexibility index (Phi) is 6.74. The smallest absolute Gasteiger partial charge is 0.416 e. The molecule has 1 aromatic heterocycles. The number of alkyl halides is 3. The van der Waals surface area contributed by atoms with Crippen LogP contribution in [0, 0.1) is 11.3 Å². The first-order chi connectivity index (χ1) is 17.2. The van der Waals surface area contributed by atoms with Crippen LogP contribution >= 0.6 is 0 Å². The van der Waals surface area contributed by atoms with Gasteiger partial charge in [0.15, 0.2) is 6.73 Å². The van der Waals surface area contributed by atoms with Crippen LogP contribution in [0.1, 0.15) is 68.6 Å². The van der Waals surface area contributed by atoms with Crippen molar-refractivity contribution in [3.63, 3.8) is 0 Å². The van der Waals surface area contributed by atoms with Crippen molar-refractivity contribution in [2.75, 3.05) is 19.8 Å². The summed E-state index contributed by atoms with van der Waals surface area (Å²) >= 11 is 0. The summed E-state index contributed by atoms with van der Waals surface area (Å²) < 4.78 is 45.4. The Bertz CT molecular complexity index is 1080. The van der Waals surface area contributed by atoms with Crippen LogP contribution in [0.5, 0.6) is 5.75 Å². The molecule has 1 saturated carbocycles. The number of carbonyl (C=O) groups excluding carboxylic acids is 1. The molecule has 2 aliphatic heterocycles. The molecule has 5 rings (SSSR count). The number of hydrogen-bond donors (Lipinski definition) is 0. The van der Waals surface area contributed by atoms with E-state index in [1.165, 1.54) is 11.6 Å². The second kappa shape index (κ2) is 9.69. The van der Waals surface area contributed by atoms with Gasteiger partial charge in [-0.25, -0.2) is 0 Å². The van der Waals surface area contributed by atoms with Crippen molar-refractivity contribution in [3.05, 3.63) is 59.4 Å². The number of hydrogen-bond acceptors (Lipinski definition) is 4. The van der Waals surface area contributed by atoms with Gasteiger partial charge >= 0.3 is 6.18 Å². The van der Waals surface area contributed by atoms with Gasteiger partial charge < -0.3 is 14.5 Å². The lowest BCUT2D eigenvalue weighted by Crippen LogP contribution is -2.49. The summed E-state index contributed by atoms with van der Waals surface area (Å²) in [6.07, 6.45) is 4.06. The predicted molar refractivity (Wildman–Crippen MR) is 130 cm³/mol. The van der Waals surface area contributed by atoms with Gasteiger partial charge in [0, 0.05) is 24.0 Å². The topological polar surface area (TPSA) is 45.7 Å². The molecule has 3 aliphatic rings. The minimum Gasteiger partial charge on any atom is -0.473 e. The second-order valence-corrected chi connectivity index (χ2v) is 10.9. The quantitative estimate of drug-likeness (QED) is 0.527. The Balaban J connectivity index is 1.26. The Morgan fingerprint density at radius 1 is 1.17 bits per heavy atom. The third-order valence-corrected chi connectivity index (χ3v) is 8.67. The largest absolute Gasteiger partial charge is 0.473 e. The Labute approximate surface area is 210 Å². The Morgan fingerprint density at radius 2 is 1.94 bits per heavy atom. The molecule has 1 saturated heterocycles. The maximum atomic E-state index is 13.9. The molecule has 1 aromatic carbocycles. The zero-order chi connectivity index (χ0) is 25.5. The molecule has 8 heteroatoms. The number of likely N-dealkylation sites (tertiary alicyclic amines) is 1. The number of halogens is 3. The number of fused-ring (bicyclic) bond motifs is 1. The summed E-state index contributed by atoms with van der Waals surface area (Å²) in [7, 11) is 0. The average Bonchev–Trinajstić information content (AvgIpc) is 3.35. The van der Waals surface area contributed by atoms with E-state index in [4.69, 9.17) is 4.74 Å². The lowest BCUT2D eigenvalue weighted by molar-refractivity contribution is -0.150. The second-order valence-electron chi connectivity index (χ2n) is 10.9. The van der Waals surface area contributed by atoms with Crippen LogP contribution in [0.2, 0.25) is 0 Å². The van der Waals surface area contributed by atoms with Gasteiger partial charge in [0.25, 0.3) is 0 Å². The molecule has 2 atom stereocenters. The molecule has 194 valence electrons. The highest BCUT2D eigenvalue weighted by Gasteiger charge is 2.51. The van der Waals surface area contributed by atoms with Crippen LogP contribution in [0.15, 0.2) is 42.7 Å². The maximum Gasteiger partial charge on any atom is 0.416 e. The van der Waals surface area contributed by atoms with Crippen molar-refractivity contribution in [1.82, 2.24) is 14.8 Å². The van der Waals surface area contributed by atoms with Crippen LogP contribution in [0.25, 0.3) is 0 Å². The Hall–Kier alpha value is -2.61. The van der Waals surface area contributed by atoms with Crippen molar-refractivity contribution in [1.29, 1.82) is 0 Å². The maximum absolute atomic E-state index is 13.9. The monoisotopic (exact) mass is 501 g/mol. The summed E-state index contributed by atoms with van der Waals surface area (Å²) in [5.74, 6) is 1.09. The summed E-state index contributed by atoms with van der Waals surface area (Å²) in [6.45, 7) is 6.42. The number of rotatable bonds is 4. The summed E-state index contributed by atoms with van der Waals surface area (Å²) in [4.78, 5) is 22.3. The molecule has 0 spiro atoms. The van der Waals surface area contributed by atoms with E-state index in [-0.39, 0.29) is 25.1 Å². The highest BCUT2D eigenvalue weighted by molar-refractivity contribution is 5.83. The molecule has 0 bridgehead atoms. The van der Waals surface area contributed by atoms with E-state index in [9.17, 15) is 18.0 Å². The van der Waals surface area contributed by atoms with Gasteiger partial charge in [0.2, 0.25) is 5.91 Å². The van der Waals surface area contributed by atoms with Gasteiger partial charge in [-0.15, -0.1) is 0 Å². The van der Waals surface area contributed by atoms with Crippen LogP contribution in [-0.2, 0) is 17.5 Å². The van der Waals surface area contributed by atoms with Gasteiger partial charge in [-0.2, -0.15) is 13.2 Å². The third-order valence-electron chi connectivity index (χ3n) is 8.67. The zero-order valence-electron chi connectivity index (χ0n) is 20.9. The first-order valence-corrected chi connectivity index (χ1v) is 12.9. The number of amides is 1. The highest BCUT2D eigenvalue weighted by Crippen LogP contribution is 2.49. The van der Waals surface area contributed by atoms with Crippen LogP contribution < -0.4 is 4.74 Å². The van der Waals surface area contributed by atoms with E-state index < -0.39 is 17.2 Å². The number of carbonyl (C=O) groups is 1. The molecule has 2 aromatic rings. The third kappa shape index (κ3) is 4.72.